The number of hydrogen-bond acceptors (Lipinski definition) is 3. The van der Waals surface area contributed by atoms with Crippen LogP contribution in [0.25, 0.3) is 0 Å². The van der Waals surface area contributed by atoms with Crippen molar-refractivity contribution in [3.63, 3.8) is 0 Å². The van der Waals surface area contributed by atoms with Crippen molar-refractivity contribution in [2.24, 2.45) is 0 Å². The van der Waals surface area contributed by atoms with Crippen molar-refractivity contribution in [1.82, 2.24) is 10.2 Å². The fourth-order valence-electron chi connectivity index (χ4n) is 4.88. The van der Waals surface area contributed by atoms with E-state index in [1.54, 1.807) is 12.1 Å². The van der Waals surface area contributed by atoms with E-state index >= 15 is 0 Å². The molecule has 2 aromatic carbocycles. The van der Waals surface area contributed by atoms with E-state index in [2.05, 4.69) is 10.2 Å². The number of benzene rings is 2. The van der Waals surface area contributed by atoms with Gasteiger partial charge in [0, 0.05) is 18.8 Å². The van der Waals surface area contributed by atoms with Crippen LogP contribution in [-0.4, -0.2) is 48.4 Å². The highest BCUT2D eigenvalue weighted by molar-refractivity contribution is 6.01. The largest absolute Gasteiger partial charge is 0.355 e. The first kappa shape index (κ1) is 21.5. The molecule has 1 spiro atoms. The molecule has 31 heavy (non-hydrogen) atoms. The zero-order valence-corrected chi connectivity index (χ0v) is 18.1. The number of anilines is 1. The van der Waals surface area contributed by atoms with Crippen LogP contribution in [0.15, 0.2) is 48.5 Å². The predicted octanol–water partition coefficient (Wildman–Crippen LogP) is 3.45. The predicted molar refractivity (Wildman–Crippen MR) is 119 cm³/mol. The number of carbonyl (C=O) groups is 2. The highest BCUT2D eigenvalue weighted by Crippen LogP contribution is 2.39. The molecule has 2 aromatic rings. The standard InChI is InChI=1S/C25H30FN3O2/c1-19-4-10-22(11-5-19)29-17-3-14-25(24(29)31)13-2-16-28(25)18-23(30)27-15-12-20-6-8-21(26)9-7-20/h4-11H,2-3,12-18H2,1H3,(H,27,30). The fourth-order valence-corrected chi connectivity index (χ4v) is 4.88. The molecule has 2 heterocycles. The van der Waals surface area contributed by atoms with Gasteiger partial charge in [0.25, 0.3) is 0 Å². The molecule has 2 aliphatic rings. The molecule has 0 radical (unpaired) electrons. The highest BCUT2D eigenvalue weighted by Gasteiger charge is 2.51. The van der Waals surface area contributed by atoms with Gasteiger partial charge in [-0.1, -0.05) is 29.8 Å². The van der Waals surface area contributed by atoms with Gasteiger partial charge in [0.05, 0.1) is 6.54 Å². The quantitative estimate of drug-likeness (QED) is 0.774. The van der Waals surface area contributed by atoms with E-state index in [0.29, 0.717) is 13.0 Å². The summed E-state index contributed by atoms with van der Waals surface area (Å²) in [4.78, 5) is 30.2. The molecule has 1 N–H and O–H groups in total. The van der Waals surface area contributed by atoms with Crippen molar-refractivity contribution in [2.45, 2.75) is 44.6 Å². The number of rotatable bonds is 6. The maximum Gasteiger partial charge on any atom is 0.247 e. The van der Waals surface area contributed by atoms with Crippen molar-refractivity contribution in [3.8, 4) is 0 Å². The van der Waals surface area contributed by atoms with Crippen LogP contribution in [0.2, 0.25) is 0 Å². The number of hydrogen-bond donors (Lipinski definition) is 1. The highest BCUT2D eigenvalue weighted by atomic mass is 19.1. The molecule has 2 saturated heterocycles. The maximum atomic E-state index is 13.6. The van der Waals surface area contributed by atoms with Gasteiger partial charge < -0.3 is 10.2 Å². The normalized spacial score (nSPS) is 21.6. The van der Waals surface area contributed by atoms with Gasteiger partial charge in [0.15, 0.2) is 0 Å². The van der Waals surface area contributed by atoms with Crippen molar-refractivity contribution in [3.05, 3.63) is 65.5 Å². The SMILES string of the molecule is Cc1ccc(N2CCCC3(CCCN3CC(=O)NCCc3ccc(F)cc3)C2=O)cc1. The van der Waals surface area contributed by atoms with E-state index in [-0.39, 0.29) is 24.2 Å². The minimum Gasteiger partial charge on any atom is -0.355 e. The fraction of sp³-hybridized carbons (Fsp3) is 0.440. The van der Waals surface area contributed by atoms with Crippen LogP contribution in [0, 0.1) is 12.7 Å². The summed E-state index contributed by atoms with van der Waals surface area (Å²) in [6.45, 7) is 4.25. The molecule has 2 aliphatic heterocycles. The van der Waals surface area contributed by atoms with Crippen LogP contribution in [0.3, 0.4) is 0 Å². The summed E-state index contributed by atoms with van der Waals surface area (Å²) >= 11 is 0. The van der Waals surface area contributed by atoms with Crippen molar-refractivity contribution < 1.29 is 14.0 Å². The molecule has 5 nitrogen and oxygen atoms in total. The van der Waals surface area contributed by atoms with Gasteiger partial charge in [-0.15, -0.1) is 0 Å². The first-order valence-electron chi connectivity index (χ1n) is 11.1. The Labute approximate surface area is 183 Å². The van der Waals surface area contributed by atoms with Crippen molar-refractivity contribution in [2.75, 3.05) is 31.1 Å². The molecule has 2 amide bonds. The van der Waals surface area contributed by atoms with Crippen LogP contribution >= 0.6 is 0 Å². The van der Waals surface area contributed by atoms with Gasteiger partial charge in [-0.05, 0) is 75.4 Å². The van der Waals surface area contributed by atoms with Gasteiger partial charge >= 0.3 is 0 Å². The molecular formula is C25H30FN3O2. The number of carbonyl (C=O) groups excluding carboxylic acids is 2. The second-order valence-corrected chi connectivity index (χ2v) is 8.68. The smallest absolute Gasteiger partial charge is 0.247 e. The van der Waals surface area contributed by atoms with Crippen LogP contribution < -0.4 is 10.2 Å². The van der Waals surface area contributed by atoms with E-state index < -0.39 is 5.54 Å². The number of piperidine rings is 1. The Bertz CT molecular complexity index is 929. The summed E-state index contributed by atoms with van der Waals surface area (Å²) < 4.78 is 13.0. The lowest BCUT2D eigenvalue weighted by molar-refractivity contribution is -0.133. The Morgan fingerprint density at radius 3 is 2.42 bits per heavy atom. The number of halogens is 1. The molecule has 2 fully saturated rings. The molecule has 1 atom stereocenters. The van der Waals surface area contributed by atoms with Gasteiger partial charge in [0.1, 0.15) is 11.4 Å². The average molecular weight is 424 g/mol. The number of aryl methyl sites for hydroxylation is 1. The third-order valence-electron chi connectivity index (χ3n) is 6.57. The van der Waals surface area contributed by atoms with Crippen LogP contribution in [0.4, 0.5) is 10.1 Å². The second kappa shape index (κ2) is 9.18. The van der Waals surface area contributed by atoms with E-state index in [4.69, 9.17) is 0 Å². The van der Waals surface area contributed by atoms with Gasteiger partial charge in [0.2, 0.25) is 11.8 Å². The third-order valence-corrected chi connectivity index (χ3v) is 6.57. The first-order chi connectivity index (χ1) is 15.0. The van der Waals surface area contributed by atoms with E-state index in [1.807, 2.05) is 36.1 Å². The van der Waals surface area contributed by atoms with Gasteiger partial charge in [-0.2, -0.15) is 0 Å². The zero-order chi connectivity index (χ0) is 21.8. The summed E-state index contributed by atoms with van der Waals surface area (Å²) in [5, 5.41) is 2.96. The number of amides is 2. The van der Waals surface area contributed by atoms with Crippen LogP contribution in [0.1, 0.15) is 36.8 Å². The third kappa shape index (κ3) is 4.64. The molecule has 0 bridgehead atoms. The Morgan fingerprint density at radius 1 is 1.03 bits per heavy atom. The average Bonchev–Trinajstić information content (AvgIpc) is 3.15. The molecule has 164 valence electrons. The number of nitrogens with one attached hydrogen (secondary N) is 1. The molecular weight excluding hydrogens is 393 g/mol. The Hall–Kier alpha value is -2.73. The lowest BCUT2D eigenvalue weighted by Crippen LogP contribution is -2.61. The van der Waals surface area contributed by atoms with Crippen LogP contribution in [-0.2, 0) is 16.0 Å². The second-order valence-electron chi connectivity index (χ2n) is 8.68. The summed E-state index contributed by atoms with van der Waals surface area (Å²) in [6, 6.07) is 14.4. The molecule has 0 aliphatic carbocycles. The molecule has 0 aromatic heterocycles. The first-order valence-corrected chi connectivity index (χ1v) is 11.1. The summed E-state index contributed by atoms with van der Waals surface area (Å²) in [5.41, 5.74) is 2.51. The van der Waals surface area contributed by atoms with E-state index in [1.165, 1.54) is 17.7 Å². The van der Waals surface area contributed by atoms with Crippen molar-refractivity contribution >= 4 is 17.5 Å². The molecule has 6 heteroatoms. The van der Waals surface area contributed by atoms with Crippen molar-refractivity contribution in [1.29, 1.82) is 0 Å². The zero-order valence-electron chi connectivity index (χ0n) is 18.1. The number of likely N-dealkylation sites (tertiary alicyclic amines) is 1. The van der Waals surface area contributed by atoms with Gasteiger partial charge in [-0.3, -0.25) is 14.5 Å². The minimum absolute atomic E-state index is 0.0661. The number of nitrogens with zero attached hydrogens (tertiary/aromatic N) is 2. The maximum absolute atomic E-state index is 13.6. The topological polar surface area (TPSA) is 52.6 Å². The van der Waals surface area contributed by atoms with Gasteiger partial charge in [-0.25, -0.2) is 4.39 Å². The van der Waals surface area contributed by atoms with E-state index in [0.717, 1.165) is 50.0 Å². The summed E-state index contributed by atoms with van der Waals surface area (Å²) in [7, 11) is 0. The van der Waals surface area contributed by atoms with Crippen LogP contribution in [0.5, 0.6) is 0 Å². The monoisotopic (exact) mass is 423 g/mol. The molecule has 0 saturated carbocycles. The molecule has 1 unspecified atom stereocenters. The Kier molecular flexibility index (Phi) is 6.37. The molecule has 4 rings (SSSR count). The lowest BCUT2D eigenvalue weighted by atomic mass is 9.85. The van der Waals surface area contributed by atoms with E-state index in [9.17, 15) is 14.0 Å². The summed E-state index contributed by atoms with van der Waals surface area (Å²) in [6.07, 6.45) is 4.12. The lowest BCUT2D eigenvalue weighted by Gasteiger charge is -2.44. The summed E-state index contributed by atoms with van der Waals surface area (Å²) in [5.74, 6) is -0.202. The Balaban J connectivity index is 1.38. The Morgan fingerprint density at radius 2 is 1.71 bits per heavy atom. The minimum atomic E-state index is -0.572.